The van der Waals surface area contributed by atoms with Gasteiger partial charge in [0.05, 0.1) is 10.7 Å². The Labute approximate surface area is 128 Å². The molecule has 0 radical (unpaired) electrons. The van der Waals surface area contributed by atoms with Crippen LogP contribution in [0.3, 0.4) is 0 Å². The van der Waals surface area contributed by atoms with Crippen molar-refractivity contribution in [1.29, 1.82) is 0 Å². The number of fused-ring (bicyclic) bond motifs is 1. The molecule has 0 aliphatic heterocycles. The van der Waals surface area contributed by atoms with Crippen molar-refractivity contribution in [2.24, 2.45) is 10.2 Å². The summed E-state index contributed by atoms with van der Waals surface area (Å²) in [5, 5.41) is 16.9. The average Bonchev–Trinajstić information content (AvgIpc) is 2.87. The average molecular weight is 319 g/mol. The first-order chi connectivity index (χ1) is 10.6. The van der Waals surface area contributed by atoms with Crippen LogP contribution in [0.25, 0.3) is 5.65 Å². The van der Waals surface area contributed by atoms with Crippen LogP contribution < -0.4 is 0 Å². The SMILES string of the molecule is O=C(O)c1nc2ccccn2c1N=Nc1ccc(F)c(Cl)c1. The fraction of sp³-hybridized carbons (Fsp3) is 0. The minimum atomic E-state index is -1.21. The number of halogens is 2. The van der Waals surface area contributed by atoms with Crippen molar-refractivity contribution in [3.8, 4) is 0 Å². The van der Waals surface area contributed by atoms with E-state index in [1.54, 1.807) is 24.4 Å². The third-order valence-electron chi connectivity index (χ3n) is 2.87. The van der Waals surface area contributed by atoms with Crippen LogP contribution >= 0.6 is 11.6 Å². The number of aromatic nitrogens is 2. The first-order valence-electron chi connectivity index (χ1n) is 6.13. The molecule has 1 N–H and O–H groups in total. The maximum Gasteiger partial charge on any atom is 0.358 e. The van der Waals surface area contributed by atoms with Gasteiger partial charge in [-0.3, -0.25) is 4.40 Å². The van der Waals surface area contributed by atoms with Crippen LogP contribution in [0.1, 0.15) is 10.5 Å². The van der Waals surface area contributed by atoms with E-state index in [1.807, 2.05) is 0 Å². The number of carboxylic acid groups (broad SMARTS) is 1. The molecule has 0 fully saturated rings. The zero-order chi connectivity index (χ0) is 15.7. The van der Waals surface area contributed by atoms with E-state index in [2.05, 4.69) is 15.2 Å². The highest BCUT2D eigenvalue weighted by molar-refractivity contribution is 6.31. The third-order valence-corrected chi connectivity index (χ3v) is 3.16. The molecule has 0 saturated carbocycles. The molecule has 0 spiro atoms. The standard InChI is InChI=1S/C14H8ClFN4O2/c15-9-7-8(4-5-10(9)16)18-19-13-12(14(21)22)17-11-3-1-2-6-20(11)13/h1-7H,(H,21,22). The summed E-state index contributed by atoms with van der Waals surface area (Å²) >= 11 is 5.66. The first-order valence-corrected chi connectivity index (χ1v) is 6.51. The van der Waals surface area contributed by atoms with Crippen LogP contribution in [0.15, 0.2) is 52.8 Å². The molecule has 3 aromatic rings. The molecular formula is C14H8ClFN4O2. The van der Waals surface area contributed by atoms with E-state index in [0.29, 0.717) is 11.3 Å². The van der Waals surface area contributed by atoms with E-state index >= 15 is 0 Å². The molecule has 0 saturated heterocycles. The maximum absolute atomic E-state index is 13.1. The van der Waals surface area contributed by atoms with Gasteiger partial charge in [-0.25, -0.2) is 14.2 Å². The van der Waals surface area contributed by atoms with Crippen LogP contribution in [0, 0.1) is 5.82 Å². The van der Waals surface area contributed by atoms with E-state index in [1.165, 1.54) is 16.5 Å². The molecular weight excluding hydrogens is 311 g/mol. The zero-order valence-electron chi connectivity index (χ0n) is 10.9. The van der Waals surface area contributed by atoms with E-state index in [0.717, 1.165) is 6.07 Å². The van der Waals surface area contributed by atoms with E-state index < -0.39 is 11.8 Å². The van der Waals surface area contributed by atoms with Crippen LogP contribution in [-0.2, 0) is 0 Å². The van der Waals surface area contributed by atoms with Crippen molar-refractivity contribution >= 4 is 34.7 Å². The second-order valence-corrected chi connectivity index (χ2v) is 4.72. The maximum atomic E-state index is 13.1. The number of hydrogen-bond donors (Lipinski definition) is 1. The normalized spacial score (nSPS) is 11.4. The molecule has 0 bridgehead atoms. The fourth-order valence-corrected chi connectivity index (χ4v) is 2.05. The number of benzene rings is 1. The van der Waals surface area contributed by atoms with Crippen molar-refractivity contribution in [1.82, 2.24) is 9.38 Å². The topological polar surface area (TPSA) is 79.3 Å². The van der Waals surface area contributed by atoms with Gasteiger partial charge in [0.1, 0.15) is 11.5 Å². The smallest absolute Gasteiger partial charge is 0.358 e. The summed E-state index contributed by atoms with van der Waals surface area (Å²) in [5.74, 6) is -1.71. The molecule has 110 valence electrons. The molecule has 0 unspecified atom stereocenters. The molecule has 6 nitrogen and oxygen atoms in total. The van der Waals surface area contributed by atoms with Gasteiger partial charge in [-0.15, -0.1) is 10.2 Å². The van der Waals surface area contributed by atoms with Gasteiger partial charge in [0, 0.05) is 6.20 Å². The zero-order valence-corrected chi connectivity index (χ0v) is 11.7. The highest BCUT2D eigenvalue weighted by Crippen LogP contribution is 2.26. The summed E-state index contributed by atoms with van der Waals surface area (Å²) in [6.07, 6.45) is 1.63. The predicted octanol–water partition coefficient (Wildman–Crippen LogP) is 4.24. The van der Waals surface area contributed by atoms with Gasteiger partial charge in [0.25, 0.3) is 0 Å². The highest BCUT2D eigenvalue weighted by Gasteiger charge is 2.17. The Hall–Kier alpha value is -2.80. The monoisotopic (exact) mass is 318 g/mol. The van der Waals surface area contributed by atoms with E-state index in [9.17, 15) is 14.3 Å². The Morgan fingerprint density at radius 2 is 2.09 bits per heavy atom. The molecule has 0 aliphatic carbocycles. The fourth-order valence-electron chi connectivity index (χ4n) is 1.87. The lowest BCUT2D eigenvalue weighted by atomic mass is 10.3. The van der Waals surface area contributed by atoms with Gasteiger partial charge in [-0.2, -0.15) is 0 Å². The van der Waals surface area contributed by atoms with Crippen LogP contribution in [0.2, 0.25) is 5.02 Å². The van der Waals surface area contributed by atoms with E-state index in [4.69, 9.17) is 11.6 Å². The van der Waals surface area contributed by atoms with Gasteiger partial charge in [-0.05, 0) is 30.3 Å². The number of carboxylic acids is 1. The lowest BCUT2D eigenvalue weighted by Gasteiger charge is -1.97. The summed E-state index contributed by atoms with van der Waals surface area (Å²) in [6.45, 7) is 0. The van der Waals surface area contributed by atoms with Crippen molar-refractivity contribution in [2.75, 3.05) is 0 Å². The Morgan fingerprint density at radius 3 is 2.82 bits per heavy atom. The summed E-state index contributed by atoms with van der Waals surface area (Å²) < 4.78 is 14.6. The van der Waals surface area contributed by atoms with Gasteiger partial charge in [-0.1, -0.05) is 17.7 Å². The quantitative estimate of drug-likeness (QED) is 0.733. The number of carbonyl (C=O) groups is 1. The summed E-state index contributed by atoms with van der Waals surface area (Å²) in [6, 6.07) is 8.94. The van der Waals surface area contributed by atoms with Gasteiger partial charge >= 0.3 is 5.97 Å². The van der Waals surface area contributed by atoms with Crippen molar-refractivity contribution < 1.29 is 14.3 Å². The highest BCUT2D eigenvalue weighted by atomic mass is 35.5. The lowest BCUT2D eigenvalue weighted by molar-refractivity contribution is 0.0692. The summed E-state index contributed by atoms with van der Waals surface area (Å²) in [7, 11) is 0. The van der Waals surface area contributed by atoms with Crippen LogP contribution in [0.4, 0.5) is 15.9 Å². The first kappa shape index (κ1) is 14.2. The Balaban J connectivity index is 2.09. The number of imidazole rings is 1. The molecule has 3 rings (SSSR count). The third kappa shape index (κ3) is 2.53. The summed E-state index contributed by atoms with van der Waals surface area (Å²) in [4.78, 5) is 15.2. The van der Waals surface area contributed by atoms with Crippen molar-refractivity contribution in [2.45, 2.75) is 0 Å². The number of azo groups is 1. The Bertz CT molecular complexity index is 907. The Kier molecular flexibility index (Phi) is 3.56. The molecule has 0 atom stereocenters. The molecule has 8 heteroatoms. The molecule has 22 heavy (non-hydrogen) atoms. The number of nitrogens with zero attached hydrogens (tertiary/aromatic N) is 4. The van der Waals surface area contributed by atoms with Gasteiger partial charge in [0.2, 0.25) is 0 Å². The Morgan fingerprint density at radius 1 is 1.27 bits per heavy atom. The molecule has 0 amide bonds. The minimum Gasteiger partial charge on any atom is -0.476 e. The number of aromatic carboxylic acids is 1. The predicted molar refractivity (Wildman–Crippen MR) is 77.7 cm³/mol. The van der Waals surface area contributed by atoms with Gasteiger partial charge in [0.15, 0.2) is 11.5 Å². The second kappa shape index (κ2) is 5.53. The van der Waals surface area contributed by atoms with Crippen molar-refractivity contribution in [3.63, 3.8) is 0 Å². The molecule has 2 aromatic heterocycles. The number of pyridine rings is 1. The number of rotatable bonds is 3. The number of hydrogen-bond acceptors (Lipinski definition) is 4. The van der Waals surface area contributed by atoms with E-state index in [-0.39, 0.29) is 16.5 Å². The molecule has 0 aliphatic rings. The molecule has 1 aromatic carbocycles. The van der Waals surface area contributed by atoms with Crippen LogP contribution in [-0.4, -0.2) is 20.5 Å². The van der Waals surface area contributed by atoms with Gasteiger partial charge < -0.3 is 5.11 Å². The largest absolute Gasteiger partial charge is 0.476 e. The molecule has 2 heterocycles. The van der Waals surface area contributed by atoms with Crippen molar-refractivity contribution in [3.05, 3.63) is 59.1 Å². The summed E-state index contributed by atoms with van der Waals surface area (Å²) in [5.41, 5.74) is 0.516. The minimum absolute atomic E-state index is 0.0727. The lowest BCUT2D eigenvalue weighted by Crippen LogP contribution is -1.96. The van der Waals surface area contributed by atoms with Crippen LogP contribution in [0.5, 0.6) is 0 Å². The second-order valence-electron chi connectivity index (χ2n) is 4.32.